The molecule has 0 bridgehead atoms. The molecule has 0 saturated carbocycles. The molecule has 0 aliphatic heterocycles. The molecule has 168 valence electrons. The Labute approximate surface area is 184 Å². The summed E-state index contributed by atoms with van der Waals surface area (Å²) >= 11 is 0. The van der Waals surface area contributed by atoms with Gasteiger partial charge in [0, 0.05) is 17.4 Å². The number of aromatic nitrogens is 1. The Balaban J connectivity index is 1.93. The van der Waals surface area contributed by atoms with Crippen molar-refractivity contribution in [3.63, 3.8) is 0 Å². The number of hydrogen-bond acceptors (Lipinski definition) is 3. The van der Waals surface area contributed by atoms with E-state index in [2.05, 4.69) is 15.6 Å². The number of anilines is 2. The first-order chi connectivity index (χ1) is 14.9. The van der Waals surface area contributed by atoms with Crippen molar-refractivity contribution in [1.29, 1.82) is 0 Å². The summed E-state index contributed by atoms with van der Waals surface area (Å²) in [5.74, 6) is 0.294. The summed E-state index contributed by atoms with van der Waals surface area (Å²) in [5, 5.41) is 5.01. The zero-order valence-corrected chi connectivity index (χ0v) is 18.2. The first kappa shape index (κ1) is 23.1. The summed E-state index contributed by atoms with van der Waals surface area (Å²) < 4.78 is 45.7. The van der Waals surface area contributed by atoms with Crippen LogP contribution in [0.4, 0.5) is 29.3 Å². The van der Waals surface area contributed by atoms with Crippen LogP contribution in [-0.2, 0) is 11.6 Å². The summed E-state index contributed by atoms with van der Waals surface area (Å²) in [7, 11) is 0. The van der Waals surface area contributed by atoms with E-state index in [4.69, 9.17) is 4.74 Å². The van der Waals surface area contributed by atoms with Crippen molar-refractivity contribution in [2.24, 2.45) is 0 Å². The summed E-state index contributed by atoms with van der Waals surface area (Å²) in [6, 6.07) is 14.3. The third-order valence-corrected chi connectivity index (χ3v) is 4.64. The SMILES string of the molecule is Cc1ccc(NC(=O)Nc2cc(C(F)(F)F)cnc2Oc2ccccc2C(C)(C)C)cc1. The zero-order valence-electron chi connectivity index (χ0n) is 18.2. The lowest BCUT2D eigenvalue weighted by atomic mass is 9.86. The number of alkyl halides is 3. The molecule has 1 heterocycles. The number of benzene rings is 2. The number of hydrogen-bond donors (Lipinski definition) is 2. The summed E-state index contributed by atoms with van der Waals surface area (Å²) in [4.78, 5) is 16.3. The van der Waals surface area contributed by atoms with Gasteiger partial charge in [-0.2, -0.15) is 13.2 Å². The number of nitrogens with one attached hydrogen (secondary N) is 2. The average Bonchev–Trinajstić information content (AvgIpc) is 2.70. The van der Waals surface area contributed by atoms with Gasteiger partial charge in [-0.1, -0.05) is 56.7 Å². The molecule has 2 N–H and O–H groups in total. The summed E-state index contributed by atoms with van der Waals surface area (Å²) in [6.07, 6.45) is -3.95. The van der Waals surface area contributed by atoms with Gasteiger partial charge in [-0.05, 0) is 36.6 Å². The number of carbonyl (C=O) groups is 1. The quantitative estimate of drug-likeness (QED) is 0.450. The van der Waals surface area contributed by atoms with Gasteiger partial charge in [-0.3, -0.25) is 0 Å². The third-order valence-electron chi connectivity index (χ3n) is 4.64. The zero-order chi connectivity index (χ0) is 23.5. The number of nitrogens with zero attached hydrogens (tertiary/aromatic N) is 1. The van der Waals surface area contributed by atoms with Crippen LogP contribution in [0.1, 0.15) is 37.5 Å². The van der Waals surface area contributed by atoms with E-state index in [1.807, 2.05) is 39.8 Å². The lowest BCUT2D eigenvalue weighted by molar-refractivity contribution is -0.137. The topological polar surface area (TPSA) is 63.2 Å². The van der Waals surface area contributed by atoms with E-state index in [1.165, 1.54) is 0 Å². The number of pyridine rings is 1. The van der Waals surface area contributed by atoms with Crippen LogP contribution >= 0.6 is 0 Å². The first-order valence-corrected chi connectivity index (χ1v) is 9.93. The van der Waals surface area contributed by atoms with Gasteiger partial charge in [0.2, 0.25) is 5.88 Å². The number of ether oxygens (including phenoxy) is 1. The van der Waals surface area contributed by atoms with Gasteiger partial charge in [0.05, 0.1) is 5.56 Å². The summed E-state index contributed by atoms with van der Waals surface area (Å²) in [6.45, 7) is 7.87. The van der Waals surface area contributed by atoms with Crippen LogP contribution in [0.5, 0.6) is 11.6 Å². The molecule has 0 unspecified atom stereocenters. The third kappa shape index (κ3) is 5.78. The van der Waals surface area contributed by atoms with Gasteiger partial charge >= 0.3 is 12.2 Å². The van der Waals surface area contributed by atoms with Crippen LogP contribution in [-0.4, -0.2) is 11.0 Å². The van der Waals surface area contributed by atoms with Crippen molar-refractivity contribution in [3.05, 3.63) is 77.5 Å². The van der Waals surface area contributed by atoms with Crippen molar-refractivity contribution in [1.82, 2.24) is 4.98 Å². The fraction of sp³-hybridized carbons (Fsp3) is 0.250. The number of rotatable bonds is 4. The second-order valence-electron chi connectivity index (χ2n) is 8.37. The molecule has 0 spiro atoms. The average molecular weight is 443 g/mol. The number of amides is 2. The predicted molar refractivity (Wildman–Crippen MR) is 118 cm³/mol. The molecule has 2 amide bonds. The highest BCUT2D eigenvalue weighted by Crippen LogP contribution is 2.38. The normalized spacial score (nSPS) is 11.7. The lowest BCUT2D eigenvalue weighted by Crippen LogP contribution is -2.21. The fourth-order valence-electron chi connectivity index (χ4n) is 2.98. The Morgan fingerprint density at radius 3 is 2.25 bits per heavy atom. The van der Waals surface area contributed by atoms with E-state index in [-0.39, 0.29) is 17.0 Å². The standard InChI is InChI=1S/C24H24F3N3O2/c1-15-9-11-17(12-10-15)29-22(31)30-19-13-16(24(25,26)27)14-28-21(19)32-20-8-6-5-7-18(20)23(2,3)4/h5-14H,1-4H3,(H2,29,30,31). The minimum atomic E-state index is -4.63. The molecule has 3 rings (SSSR count). The smallest absolute Gasteiger partial charge is 0.417 e. The molecule has 2 aromatic carbocycles. The highest BCUT2D eigenvalue weighted by atomic mass is 19.4. The number of para-hydroxylation sites is 1. The van der Waals surface area contributed by atoms with Crippen molar-refractivity contribution < 1.29 is 22.7 Å². The van der Waals surface area contributed by atoms with Crippen LogP contribution in [0.25, 0.3) is 0 Å². The van der Waals surface area contributed by atoms with E-state index in [0.29, 0.717) is 17.6 Å². The second-order valence-corrected chi connectivity index (χ2v) is 8.37. The molecule has 5 nitrogen and oxygen atoms in total. The molecule has 3 aromatic rings. The van der Waals surface area contributed by atoms with E-state index >= 15 is 0 Å². The molecule has 0 saturated heterocycles. The number of urea groups is 1. The van der Waals surface area contributed by atoms with Gasteiger partial charge in [0.1, 0.15) is 11.4 Å². The Morgan fingerprint density at radius 2 is 1.62 bits per heavy atom. The maximum Gasteiger partial charge on any atom is 0.417 e. The molecule has 0 radical (unpaired) electrons. The Morgan fingerprint density at radius 1 is 0.969 bits per heavy atom. The molecule has 0 aliphatic rings. The van der Waals surface area contributed by atoms with Gasteiger partial charge in [-0.25, -0.2) is 9.78 Å². The first-order valence-electron chi connectivity index (χ1n) is 9.93. The maximum absolute atomic E-state index is 13.3. The highest BCUT2D eigenvalue weighted by Gasteiger charge is 2.32. The van der Waals surface area contributed by atoms with E-state index in [1.54, 1.807) is 36.4 Å². The Hall–Kier alpha value is -3.55. The molecule has 0 atom stereocenters. The predicted octanol–water partition coefficient (Wildman–Crippen LogP) is 7.14. The van der Waals surface area contributed by atoms with Gasteiger partial charge < -0.3 is 15.4 Å². The van der Waals surface area contributed by atoms with Crippen molar-refractivity contribution in [2.75, 3.05) is 10.6 Å². The van der Waals surface area contributed by atoms with Crippen LogP contribution in [0.3, 0.4) is 0 Å². The van der Waals surface area contributed by atoms with E-state index < -0.39 is 17.8 Å². The number of carbonyl (C=O) groups excluding carboxylic acids is 1. The van der Waals surface area contributed by atoms with Crippen LogP contribution in [0.15, 0.2) is 60.8 Å². The maximum atomic E-state index is 13.3. The van der Waals surface area contributed by atoms with Crippen molar-refractivity contribution in [3.8, 4) is 11.6 Å². The van der Waals surface area contributed by atoms with Crippen LogP contribution in [0, 0.1) is 6.92 Å². The molecule has 0 aliphatic carbocycles. The van der Waals surface area contributed by atoms with Crippen LogP contribution in [0.2, 0.25) is 0 Å². The molecule has 32 heavy (non-hydrogen) atoms. The van der Waals surface area contributed by atoms with E-state index in [0.717, 1.165) is 17.2 Å². The van der Waals surface area contributed by atoms with Gasteiger partial charge in [0.25, 0.3) is 0 Å². The Kier molecular flexibility index (Phi) is 6.43. The molecule has 1 aromatic heterocycles. The van der Waals surface area contributed by atoms with Gasteiger partial charge in [-0.15, -0.1) is 0 Å². The van der Waals surface area contributed by atoms with Gasteiger partial charge in [0.15, 0.2) is 0 Å². The molecule has 0 fully saturated rings. The molecule has 8 heteroatoms. The molecular weight excluding hydrogens is 419 g/mol. The van der Waals surface area contributed by atoms with E-state index in [9.17, 15) is 18.0 Å². The fourth-order valence-corrected chi connectivity index (χ4v) is 2.98. The number of halogens is 3. The largest absolute Gasteiger partial charge is 0.437 e. The highest BCUT2D eigenvalue weighted by molar-refractivity contribution is 6.00. The van der Waals surface area contributed by atoms with Crippen molar-refractivity contribution in [2.45, 2.75) is 39.3 Å². The van der Waals surface area contributed by atoms with Crippen LogP contribution < -0.4 is 15.4 Å². The lowest BCUT2D eigenvalue weighted by Gasteiger charge is -2.23. The Bertz CT molecular complexity index is 1100. The second kappa shape index (κ2) is 8.90. The molecular formula is C24H24F3N3O2. The summed E-state index contributed by atoms with van der Waals surface area (Å²) in [5.41, 5.74) is 0.864. The van der Waals surface area contributed by atoms with Crippen molar-refractivity contribution >= 4 is 17.4 Å². The monoisotopic (exact) mass is 443 g/mol. The number of aryl methyl sites for hydroxylation is 1. The minimum absolute atomic E-state index is 0.145. The minimum Gasteiger partial charge on any atom is -0.437 e.